The van der Waals surface area contributed by atoms with Gasteiger partial charge in [0, 0.05) is 50.1 Å². The predicted octanol–water partition coefficient (Wildman–Crippen LogP) is 2.64. The van der Waals surface area contributed by atoms with Crippen LogP contribution in [-0.2, 0) is 16.0 Å². The number of piperazine rings is 1. The number of benzene rings is 2. The molecule has 0 bridgehead atoms. The van der Waals surface area contributed by atoms with Gasteiger partial charge in [-0.1, -0.05) is 17.7 Å². The molecule has 4 amide bonds. The van der Waals surface area contributed by atoms with Crippen molar-refractivity contribution in [2.45, 2.75) is 12.5 Å². The Morgan fingerprint density at radius 1 is 0.970 bits per heavy atom. The molecule has 2 fully saturated rings. The molecule has 5 rings (SSSR count). The lowest BCUT2D eigenvalue weighted by Crippen LogP contribution is -2.74. The first-order valence-electron chi connectivity index (χ1n) is 10.8. The van der Waals surface area contributed by atoms with E-state index in [4.69, 9.17) is 16.3 Å². The Hall–Kier alpha value is -3.26. The van der Waals surface area contributed by atoms with E-state index in [1.54, 1.807) is 13.2 Å². The number of nitrogens with zero attached hydrogens (tertiary/aromatic N) is 4. The molecule has 2 saturated heterocycles. The maximum Gasteiger partial charge on any atom is 0.332 e. The number of ether oxygens (including phenoxy) is 1. The highest BCUT2D eigenvalue weighted by Gasteiger charge is 2.63. The summed E-state index contributed by atoms with van der Waals surface area (Å²) in [4.78, 5) is 46.4. The maximum atomic E-state index is 13.7. The molecular formula is C24H25ClN4O4. The lowest BCUT2D eigenvalue weighted by atomic mass is 9.67. The Morgan fingerprint density at radius 3 is 2.27 bits per heavy atom. The molecular weight excluding hydrogens is 444 g/mol. The van der Waals surface area contributed by atoms with Crippen LogP contribution in [0, 0.1) is 5.41 Å². The van der Waals surface area contributed by atoms with Gasteiger partial charge in [0.1, 0.15) is 5.75 Å². The van der Waals surface area contributed by atoms with Crippen molar-refractivity contribution < 1.29 is 19.1 Å². The van der Waals surface area contributed by atoms with Crippen LogP contribution < -0.4 is 14.5 Å². The summed E-state index contributed by atoms with van der Waals surface area (Å²) in [6.07, 6.45) is 0.219. The number of halogens is 1. The summed E-state index contributed by atoms with van der Waals surface area (Å²) in [5.74, 6) is -0.153. The van der Waals surface area contributed by atoms with Gasteiger partial charge in [-0.15, -0.1) is 0 Å². The summed E-state index contributed by atoms with van der Waals surface area (Å²) in [7, 11) is 4.51. The average Bonchev–Trinajstić information content (AvgIpc) is 2.85. The van der Waals surface area contributed by atoms with Gasteiger partial charge in [0.05, 0.1) is 13.2 Å². The number of imide groups is 2. The number of methoxy groups -OCH3 is 1. The first-order valence-corrected chi connectivity index (χ1v) is 11.2. The van der Waals surface area contributed by atoms with Crippen molar-refractivity contribution >= 4 is 40.8 Å². The molecule has 2 aromatic rings. The summed E-state index contributed by atoms with van der Waals surface area (Å²) in [6.45, 7) is 1.76. The lowest BCUT2D eigenvalue weighted by molar-refractivity contribution is -0.159. The fraction of sp³-hybridized carbons (Fsp3) is 0.375. The summed E-state index contributed by atoms with van der Waals surface area (Å²) in [6, 6.07) is 12.2. The Bertz CT molecular complexity index is 1130. The third-order valence-electron chi connectivity index (χ3n) is 7.16. The highest BCUT2D eigenvalue weighted by molar-refractivity contribution is 6.31. The molecule has 172 valence electrons. The van der Waals surface area contributed by atoms with E-state index >= 15 is 0 Å². The number of hydrogen-bond donors (Lipinski definition) is 0. The van der Waals surface area contributed by atoms with E-state index in [2.05, 4.69) is 9.80 Å². The number of carbonyl (C=O) groups excluding carboxylic acids is 3. The summed E-state index contributed by atoms with van der Waals surface area (Å²) >= 11 is 6.32. The number of carbonyl (C=O) groups is 3. The van der Waals surface area contributed by atoms with Crippen LogP contribution in [0.2, 0.25) is 5.02 Å². The first-order chi connectivity index (χ1) is 15.8. The Balaban J connectivity index is 1.62. The zero-order valence-corrected chi connectivity index (χ0v) is 19.5. The number of fused-ring (bicyclic) bond motifs is 4. The second kappa shape index (κ2) is 7.66. The molecule has 0 N–H and O–H groups in total. The Kier molecular flexibility index (Phi) is 5.01. The monoisotopic (exact) mass is 468 g/mol. The SMILES string of the molecule is COc1ccc(N2CCN3c4cc(Cl)ccc4CC4(C(=O)N(C)C(=O)N(C)C4=O)C3C2)cc1. The molecule has 3 aliphatic heterocycles. The molecule has 3 aliphatic rings. The quantitative estimate of drug-likeness (QED) is 0.631. The van der Waals surface area contributed by atoms with E-state index in [0.717, 1.165) is 32.5 Å². The first kappa shape index (κ1) is 21.6. The minimum absolute atomic E-state index is 0.219. The highest BCUT2D eigenvalue weighted by Crippen LogP contribution is 2.47. The molecule has 0 saturated carbocycles. The number of rotatable bonds is 2. The molecule has 3 heterocycles. The number of amides is 4. The summed E-state index contributed by atoms with van der Waals surface area (Å²) < 4.78 is 5.27. The van der Waals surface area contributed by atoms with E-state index < -0.39 is 29.3 Å². The fourth-order valence-electron chi connectivity index (χ4n) is 5.42. The third kappa shape index (κ3) is 3.08. The second-order valence-corrected chi connectivity index (χ2v) is 9.22. The molecule has 0 radical (unpaired) electrons. The Morgan fingerprint density at radius 2 is 1.64 bits per heavy atom. The second-order valence-electron chi connectivity index (χ2n) is 8.79. The zero-order chi connectivity index (χ0) is 23.5. The molecule has 1 spiro atoms. The van der Waals surface area contributed by atoms with Crippen molar-refractivity contribution in [2.24, 2.45) is 5.41 Å². The van der Waals surface area contributed by atoms with Crippen molar-refractivity contribution in [3.63, 3.8) is 0 Å². The van der Waals surface area contributed by atoms with Gasteiger partial charge in [0.2, 0.25) is 11.8 Å². The fourth-order valence-corrected chi connectivity index (χ4v) is 5.58. The maximum absolute atomic E-state index is 13.7. The lowest BCUT2D eigenvalue weighted by Gasteiger charge is -2.56. The third-order valence-corrected chi connectivity index (χ3v) is 7.39. The summed E-state index contributed by atoms with van der Waals surface area (Å²) in [5.41, 5.74) is 1.40. The van der Waals surface area contributed by atoms with E-state index in [0.29, 0.717) is 24.7 Å². The van der Waals surface area contributed by atoms with Crippen LogP contribution in [-0.4, -0.2) is 74.5 Å². The smallest absolute Gasteiger partial charge is 0.332 e. The van der Waals surface area contributed by atoms with Crippen molar-refractivity contribution in [3.8, 4) is 5.75 Å². The van der Waals surface area contributed by atoms with Gasteiger partial charge in [-0.3, -0.25) is 19.4 Å². The zero-order valence-electron chi connectivity index (χ0n) is 18.7. The van der Waals surface area contributed by atoms with Crippen LogP contribution in [0.5, 0.6) is 5.75 Å². The van der Waals surface area contributed by atoms with Crippen LogP contribution >= 0.6 is 11.6 Å². The van der Waals surface area contributed by atoms with E-state index in [1.807, 2.05) is 36.4 Å². The van der Waals surface area contributed by atoms with Gasteiger partial charge in [-0.05, 0) is 48.4 Å². The summed E-state index contributed by atoms with van der Waals surface area (Å²) in [5, 5.41) is 0.603. The van der Waals surface area contributed by atoms with E-state index in [-0.39, 0.29) is 6.42 Å². The van der Waals surface area contributed by atoms with Crippen molar-refractivity contribution in [1.29, 1.82) is 0 Å². The van der Waals surface area contributed by atoms with Crippen LogP contribution in [0.25, 0.3) is 0 Å². The standard InChI is InChI=1S/C24H25ClN4O4/c1-26-21(30)24(22(31)27(2)23(26)32)13-15-4-5-16(25)12-19(15)29-11-10-28(14-20(24)29)17-6-8-18(33-3)9-7-17/h4-9,12,20H,10-11,13-14H2,1-3H3. The molecule has 2 aromatic carbocycles. The molecule has 1 atom stereocenters. The van der Waals surface area contributed by atoms with Crippen LogP contribution in [0.1, 0.15) is 5.56 Å². The topological polar surface area (TPSA) is 73.4 Å². The van der Waals surface area contributed by atoms with Crippen LogP contribution in [0.4, 0.5) is 16.2 Å². The van der Waals surface area contributed by atoms with E-state index in [1.165, 1.54) is 14.1 Å². The van der Waals surface area contributed by atoms with Gasteiger partial charge in [-0.2, -0.15) is 0 Å². The average molecular weight is 469 g/mol. The van der Waals surface area contributed by atoms with Gasteiger partial charge in [-0.25, -0.2) is 4.79 Å². The van der Waals surface area contributed by atoms with Crippen molar-refractivity contribution in [3.05, 3.63) is 53.1 Å². The minimum atomic E-state index is -1.40. The molecule has 1 unspecified atom stereocenters. The normalized spacial score (nSPS) is 21.9. The molecule has 8 nitrogen and oxygen atoms in total. The number of anilines is 2. The van der Waals surface area contributed by atoms with Crippen molar-refractivity contribution in [1.82, 2.24) is 9.80 Å². The van der Waals surface area contributed by atoms with Crippen LogP contribution in [0.15, 0.2) is 42.5 Å². The largest absolute Gasteiger partial charge is 0.497 e. The van der Waals surface area contributed by atoms with Gasteiger partial charge < -0.3 is 14.5 Å². The van der Waals surface area contributed by atoms with Crippen molar-refractivity contribution in [2.75, 3.05) is 50.6 Å². The number of hydrogen-bond acceptors (Lipinski definition) is 6. The van der Waals surface area contributed by atoms with E-state index in [9.17, 15) is 14.4 Å². The van der Waals surface area contributed by atoms with Crippen LogP contribution in [0.3, 0.4) is 0 Å². The number of barbiturate groups is 1. The number of urea groups is 1. The molecule has 9 heteroatoms. The highest BCUT2D eigenvalue weighted by atomic mass is 35.5. The molecule has 0 aromatic heterocycles. The van der Waals surface area contributed by atoms with Gasteiger partial charge in [0.15, 0.2) is 5.41 Å². The van der Waals surface area contributed by atoms with Gasteiger partial charge >= 0.3 is 6.03 Å². The van der Waals surface area contributed by atoms with Gasteiger partial charge in [0.25, 0.3) is 0 Å². The Labute approximate surface area is 197 Å². The minimum Gasteiger partial charge on any atom is -0.497 e. The predicted molar refractivity (Wildman–Crippen MR) is 125 cm³/mol. The molecule has 0 aliphatic carbocycles. The molecule has 33 heavy (non-hydrogen) atoms.